The molecule has 2 N–H and O–H groups in total. The van der Waals surface area contributed by atoms with Gasteiger partial charge < -0.3 is 15.4 Å². The number of aryl methyl sites for hydroxylation is 2. The fraction of sp³-hybridized carbons (Fsp3) is 0.333. The maximum atomic E-state index is 12.1. The number of methoxy groups -OCH3 is 1. The van der Waals surface area contributed by atoms with Crippen LogP contribution in [0.2, 0.25) is 0 Å². The molecule has 128 valence electrons. The molecule has 0 fully saturated rings. The SMILES string of the molecule is CCc1ccccc1NC(=O)C(=O)NCC(OC)c1ccc(C)s1. The van der Waals surface area contributed by atoms with Crippen LogP contribution in [0.5, 0.6) is 0 Å². The van der Waals surface area contributed by atoms with Crippen LogP contribution in [0.25, 0.3) is 0 Å². The summed E-state index contributed by atoms with van der Waals surface area (Å²) in [4.78, 5) is 26.3. The molecule has 0 aliphatic rings. The van der Waals surface area contributed by atoms with Gasteiger partial charge in [0.15, 0.2) is 0 Å². The van der Waals surface area contributed by atoms with Crippen molar-refractivity contribution >= 4 is 28.8 Å². The fourth-order valence-corrected chi connectivity index (χ4v) is 3.28. The van der Waals surface area contributed by atoms with E-state index in [1.165, 1.54) is 4.88 Å². The topological polar surface area (TPSA) is 67.4 Å². The van der Waals surface area contributed by atoms with Crippen molar-refractivity contribution in [2.45, 2.75) is 26.4 Å². The van der Waals surface area contributed by atoms with E-state index in [-0.39, 0.29) is 12.6 Å². The van der Waals surface area contributed by atoms with E-state index in [2.05, 4.69) is 10.6 Å². The van der Waals surface area contributed by atoms with E-state index in [0.717, 1.165) is 16.9 Å². The highest BCUT2D eigenvalue weighted by atomic mass is 32.1. The Morgan fingerprint density at radius 2 is 1.92 bits per heavy atom. The molecule has 6 heteroatoms. The third-order valence-electron chi connectivity index (χ3n) is 3.66. The maximum absolute atomic E-state index is 12.1. The molecule has 1 atom stereocenters. The van der Waals surface area contributed by atoms with Crippen molar-refractivity contribution in [3.63, 3.8) is 0 Å². The highest BCUT2D eigenvalue weighted by molar-refractivity contribution is 7.12. The molecule has 1 aromatic heterocycles. The highest BCUT2D eigenvalue weighted by Gasteiger charge is 2.18. The van der Waals surface area contributed by atoms with Gasteiger partial charge in [0.1, 0.15) is 6.10 Å². The second kappa shape index (κ2) is 8.61. The van der Waals surface area contributed by atoms with Gasteiger partial charge in [0.05, 0.1) is 0 Å². The van der Waals surface area contributed by atoms with E-state index < -0.39 is 11.8 Å². The van der Waals surface area contributed by atoms with Crippen LogP contribution in [0.1, 0.15) is 28.3 Å². The lowest BCUT2D eigenvalue weighted by Crippen LogP contribution is -2.38. The fourth-order valence-electron chi connectivity index (χ4n) is 2.32. The standard InChI is InChI=1S/C18H22N2O3S/c1-4-13-7-5-6-8-14(13)20-18(22)17(21)19-11-15(23-3)16-10-9-12(2)24-16/h5-10,15H,4,11H2,1-3H3,(H,19,21)(H,20,22). The van der Waals surface area contributed by atoms with Crippen LogP contribution in [0.4, 0.5) is 5.69 Å². The summed E-state index contributed by atoms with van der Waals surface area (Å²) in [6.45, 7) is 4.26. The Morgan fingerprint density at radius 3 is 2.54 bits per heavy atom. The number of amides is 2. The van der Waals surface area contributed by atoms with E-state index in [9.17, 15) is 9.59 Å². The third kappa shape index (κ3) is 4.66. The predicted molar refractivity (Wildman–Crippen MR) is 96.3 cm³/mol. The average molecular weight is 346 g/mol. The molecule has 1 aromatic carbocycles. The zero-order chi connectivity index (χ0) is 17.5. The van der Waals surface area contributed by atoms with Crippen molar-refractivity contribution in [3.8, 4) is 0 Å². The van der Waals surface area contributed by atoms with Gasteiger partial charge in [-0.15, -0.1) is 11.3 Å². The molecule has 24 heavy (non-hydrogen) atoms. The summed E-state index contributed by atoms with van der Waals surface area (Å²) >= 11 is 1.61. The minimum absolute atomic E-state index is 0.248. The molecule has 0 aliphatic carbocycles. The summed E-state index contributed by atoms with van der Waals surface area (Å²) in [5, 5.41) is 5.29. The number of rotatable bonds is 6. The first-order chi connectivity index (χ1) is 11.5. The lowest BCUT2D eigenvalue weighted by molar-refractivity contribution is -0.136. The number of carbonyl (C=O) groups is 2. The number of thiophene rings is 1. The van der Waals surface area contributed by atoms with Gasteiger partial charge in [0, 0.05) is 29.1 Å². The van der Waals surface area contributed by atoms with Gasteiger partial charge in [0.2, 0.25) is 0 Å². The van der Waals surface area contributed by atoms with E-state index in [1.807, 2.05) is 44.2 Å². The monoisotopic (exact) mass is 346 g/mol. The average Bonchev–Trinajstić information content (AvgIpc) is 3.02. The summed E-state index contributed by atoms with van der Waals surface area (Å²) in [5.41, 5.74) is 1.65. The van der Waals surface area contributed by atoms with Crippen LogP contribution < -0.4 is 10.6 Å². The Morgan fingerprint density at radius 1 is 1.17 bits per heavy atom. The van der Waals surface area contributed by atoms with Gasteiger partial charge in [0.25, 0.3) is 0 Å². The van der Waals surface area contributed by atoms with Crippen LogP contribution in [0.3, 0.4) is 0 Å². The second-order valence-electron chi connectivity index (χ2n) is 5.35. The summed E-state index contributed by atoms with van der Waals surface area (Å²) in [7, 11) is 1.59. The van der Waals surface area contributed by atoms with Crippen molar-refractivity contribution in [1.29, 1.82) is 0 Å². The Balaban J connectivity index is 1.92. The largest absolute Gasteiger partial charge is 0.374 e. The summed E-state index contributed by atoms with van der Waals surface area (Å²) in [5.74, 6) is -1.34. The van der Waals surface area contributed by atoms with Crippen LogP contribution in [0.15, 0.2) is 36.4 Å². The zero-order valence-electron chi connectivity index (χ0n) is 14.1. The molecule has 0 radical (unpaired) electrons. The smallest absolute Gasteiger partial charge is 0.313 e. The Kier molecular flexibility index (Phi) is 6.52. The number of nitrogens with one attached hydrogen (secondary N) is 2. The number of carbonyl (C=O) groups excluding carboxylic acids is 2. The van der Waals surface area contributed by atoms with Gasteiger partial charge in [-0.25, -0.2) is 0 Å². The normalized spacial score (nSPS) is 11.8. The lowest BCUT2D eigenvalue weighted by atomic mass is 10.1. The van der Waals surface area contributed by atoms with E-state index in [4.69, 9.17) is 4.74 Å². The van der Waals surface area contributed by atoms with Gasteiger partial charge in [-0.05, 0) is 37.1 Å². The van der Waals surface area contributed by atoms with Crippen molar-refractivity contribution in [1.82, 2.24) is 5.32 Å². The zero-order valence-corrected chi connectivity index (χ0v) is 14.9. The molecule has 5 nitrogen and oxygen atoms in total. The van der Waals surface area contributed by atoms with Crippen molar-refractivity contribution in [3.05, 3.63) is 51.7 Å². The molecule has 2 rings (SSSR count). The highest BCUT2D eigenvalue weighted by Crippen LogP contribution is 2.24. The first-order valence-electron chi connectivity index (χ1n) is 7.81. The summed E-state index contributed by atoms with van der Waals surface area (Å²) in [6, 6.07) is 11.4. The molecule has 0 spiro atoms. The van der Waals surface area contributed by atoms with Crippen LogP contribution in [-0.4, -0.2) is 25.5 Å². The first kappa shape index (κ1) is 18.2. The number of benzene rings is 1. The van der Waals surface area contributed by atoms with Crippen molar-refractivity contribution in [2.75, 3.05) is 19.0 Å². The molecular weight excluding hydrogens is 324 g/mol. The number of hydrogen-bond acceptors (Lipinski definition) is 4. The number of ether oxygens (including phenoxy) is 1. The third-order valence-corrected chi connectivity index (χ3v) is 4.76. The number of para-hydroxylation sites is 1. The number of anilines is 1. The van der Waals surface area contributed by atoms with E-state index >= 15 is 0 Å². The molecule has 2 aromatic rings. The van der Waals surface area contributed by atoms with E-state index in [0.29, 0.717) is 5.69 Å². The lowest BCUT2D eigenvalue weighted by Gasteiger charge is -2.15. The Bertz CT molecular complexity index is 712. The van der Waals surface area contributed by atoms with Crippen LogP contribution >= 0.6 is 11.3 Å². The molecule has 0 aliphatic heterocycles. The maximum Gasteiger partial charge on any atom is 0.313 e. The minimum atomic E-state index is -0.673. The second-order valence-corrected chi connectivity index (χ2v) is 6.67. The van der Waals surface area contributed by atoms with Crippen molar-refractivity contribution < 1.29 is 14.3 Å². The predicted octanol–water partition coefficient (Wildman–Crippen LogP) is 3.06. The Labute approximate surface area is 146 Å². The molecule has 0 bridgehead atoms. The summed E-state index contributed by atoms with van der Waals surface area (Å²) in [6.07, 6.45) is 0.519. The Hall–Kier alpha value is -2.18. The summed E-state index contributed by atoms with van der Waals surface area (Å²) < 4.78 is 5.40. The minimum Gasteiger partial charge on any atom is -0.374 e. The van der Waals surface area contributed by atoms with Crippen LogP contribution in [0, 0.1) is 6.92 Å². The quantitative estimate of drug-likeness (QED) is 0.790. The van der Waals surface area contributed by atoms with Gasteiger partial charge in [-0.3, -0.25) is 9.59 Å². The van der Waals surface area contributed by atoms with Gasteiger partial charge >= 0.3 is 11.8 Å². The molecule has 0 saturated carbocycles. The van der Waals surface area contributed by atoms with Gasteiger partial charge in [-0.2, -0.15) is 0 Å². The molecular formula is C18H22N2O3S. The molecule has 1 heterocycles. The molecule has 0 saturated heterocycles. The molecule has 1 unspecified atom stereocenters. The van der Waals surface area contributed by atoms with Crippen LogP contribution in [-0.2, 0) is 20.7 Å². The van der Waals surface area contributed by atoms with Crippen molar-refractivity contribution in [2.24, 2.45) is 0 Å². The first-order valence-corrected chi connectivity index (χ1v) is 8.63. The molecule has 2 amide bonds. The number of hydrogen-bond donors (Lipinski definition) is 2. The van der Waals surface area contributed by atoms with Gasteiger partial charge in [-0.1, -0.05) is 25.1 Å². The van der Waals surface area contributed by atoms with E-state index in [1.54, 1.807) is 24.5 Å².